The molecule has 0 amide bonds. The number of carbonyl (C=O) groups is 2. The first-order valence-corrected chi connectivity index (χ1v) is 6.57. The third kappa shape index (κ3) is 1.68. The SMILES string of the molecule is O=C1OC(=O)C2C3CC(CC3S(=O)(=O)[O-])C12.[Li+]. The third-order valence-corrected chi connectivity index (χ3v) is 5.34. The summed E-state index contributed by atoms with van der Waals surface area (Å²) in [6.45, 7) is 0. The van der Waals surface area contributed by atoms with Crippen LogP contribution < -0.4 is 18.9 Å². The quantitative estimate of drug-likeness (QED) is 0.206. The second-order valence-corrected chi connectivity index (χ2v) is 6.31. The van der Waals surface area contributed by atoms with Gasteiger partial charge in [-0.25, -0.2) is 8.42 Å². The van der Waals surface area contributed by atoms with Crippen LogP contribution >= 0.6 is 0 Å². The molecule has 0 aromatic heterocycles. The minimum absolute atomic E-state index is 0. The van der Waals surface area contributed by atoms with Crippen molar-refractivity contribution < 1.29 is 46.2 Å². The molecular weight excluding hydrogens is 243 g/mol. The molecular formula is C9H9LiO6S. The summed E-state index contributed by atoms with van der Waals surface area (Å²) in [5, 5.41) is -1.02. The number of hydrogen-bond donors (Lipinski definition) is 0. The molecule has 2 saturated carbocycles. The van der Waals surface area contributed by atoms with Crippen LogP contribution in [0.5, 0.6) is 0 Å². The minimum Gasteiger partial charge on any atom is -0.748 e. The largest absolute Gasteiger partial charge is 1.00 e. The first-order valence-electron chi connectivity index (χ1n) is 5.10. The Balaban J connectivity index is 0.00000108. The number of esters is 2. The van der Waals surface area contributed by atoms with Crippen LogP contribution in [0.15, 0.2) is 0 Å². The van der Waals surface area contributed by atoms with Crippen LogP contribution in [0.25, 0.3) is 0 Å². The predicted octanol–water partition coefficient (Wildman–Crippen LogP) is -3.74. The molecule has 1 saturated heterocycles. The number of rotatable bonds is 1. The van der Waals surface area contributed by atoms with Crippen molar-refractivity contribution in [2.24, 2.45) is 23.7 Å². The van der Waals surface area contributed by atoms with Gasteiger partial charge in [0.15, 0.2) is 0 Å². The number of ether oxygens (including phenoxy) is 1. The average Bonchev–Trinajstić information content (AvgIpc) is 2.76. The van der Waals surface area contributed by atoms with Crippen molar-refractivity contribution in [2.75, 3.05) is 0 Å². The Kier molecular flexibility index (Phi) is 2.94. The van der Waals surface area contributed by atoms with Crippen molar-refractivity contribution in [3.8, 4) is 0 Å². The molecule has 2 bridgehead atoms. The van der Waals surface area contributed by atoms with Crippen LogP contribution in [0.2, 0.25) is 0 Å². The molecule has 0 aromatic rings. The van der Waals surface area contributed by atoms with Crippen molar-refractivity contribution >= 4 is 22.1 Å². The van der Waals surface area contributed by atoms with Gasteiger partial charge in [-0.05, 0) is 24.7 Å². The van der Waals surface area contributed by atoms with Gasteiger partial charge in [-0.1, -0.05) is 0 Å². The summed E-state index contributed by atoms with van der Waals surface area (Å²) in [5.74, 6) is -3.10. The summed E-state index contributed by atoms with van der Waals surface area (Å²) >= 11 is 0. The molecule has 0 radical (unpaired) electrons. The molecule has 5 unspecified atom stereocenters. The maximum Gasteiger partial charge on any atom is 1.00 e. The van der Waals surface area contributed by atoms with E-state index >= 15 is 0 Å². The Hall–Kier alpha value is -0.353. The van der Waals surface area contributed by atoms with Gasteiger partial charge in [0.25, 0.3) is 0 Å². The molecule has 3 rings (SSSR count). The van der Waals surface area contributed by atoms with E-state index in [0.717, 1.165) is 0 Å². The zero-order chi connectivity index (χ0) is 11.7. The van der Waals surface area contributed by atoms with Gasteiger partial charge in [0.05, 0.1) is 27.2 Å². The van der Waals surface area contributed by atoms with E-state index in [1.165, 1.54) is 0 Å². The first kappa shape index (κ1) is 13.1. The molecule has 88 valence electrons. The normalized spacial score (nSPS) is 43.2. The summed E-state index contributed by atoms with van der Waals surface area (Å²) in [7, 11) is -4.38. The van der Waals surface area contributed by atoms with Crippen LogP contribution in [0.3, 0.4) is 0 Å². The van der Waals surface area contributed by atoms with E-state index in [1.807, 2.05) is 0 Å². The standard InChI is InChI=1S/C9H10O6S.Li/c10-8-6-3-1-4(7(6)9(11)15-8)5(2-3)16(12,13)14;/h3-7H,1-2H2,(H,12,13,14);/q;+1/p-1. The smallest absolute Gasteiger partial charge is 0.748 e. The number of hydrogen-bond acceptors (Lipinski definition) is 6. The molecule has 0 N–H and O–H groups in total. The molecule has 3 aliphatic rings. The molecule has 1 heterocycles. The molecule has 2 aliphatic carbocycles. The second kappa shape index (κ2) is 3.82. The van der Waals surface area contributed by atoms with Crippen LogP contribution in [-0.2, 0) is 24.4 Å². The van der Waals surface area contributed by atoms with Gasteiger partial charge >= 0.3 is 30.8 Å². The van der Waals surface area contributed by atoms with E-state index in [9.17, 15) is 22.6 Å². The fraction of sp³-hybridized carbons (Fsp3) is 0.778. The van der Waals surface area contributed by atoms with Crippen molar-refractivity contribution in [3.05, 3.63) is 0 Å². The fourth-order valence-corrected chi connectivity index (χ4v) is 4.72. The van der Waals surface area contributed by atoms with Crippen molar-refractivity contribution in [2.45, 2.75) is 18.1 Å². The monoisotopic (exact) mass is 252 g/mol. The number of carbonyl (C=O) groups excluding carboxylic acids is 2. The van der Waals surface area contributed by atoms with E-state index < -0.39 is 45.1 Å². The van der Waals surface area contributed by atoms with Crippen molar-refractivity contribution in [3.63, 3.8) is 0 Å². The third-order valence-electron chi connectivity index (χ3n) is 4.06. The predicted molar refractivity (Wildman–Crippen MR) is 47.8 cm³/mol. The van der Waals surface area contributed by atoms with Crippen LogP contribution in [0.1, 0.15) is 12.8 Å². The molecule has 0 spiro atoms. The summed E-state index contributed by atoms with van der Waals surface area (Å²) in [4.78, 5) is 22.7. The van der Waals surface area contributed by atoms with Gasteiger partial charge in [-0.3, -0.25) is 9.59 Å². The fourth-order valence-electron chi connectivity index (χ4n) is 3.53. The second-order valence-electron chi connectivity index (χ2n) is 4.72. The Morgan fingerprint density at radius 1 is 1.12 bits per heavy atom. The minimum atomic E-state index is -4.38. The van der Waals surface area contributed by atoms with Gasteiger partial charge in [0.2, 0.25) is 0 Å². The summed E-state index contributed by atoms with van der Waals surface area (Å²) in [6.07, 6.45) is 0.669. The van der Waals surface area contributed by atoms with E-state index in [0.29, 0.717) is 6.42 Å². The maximum absolute atomic E-state index is 11.4. The first-order chi connectivity index (χ1) is 7.39. The molecule has 5 atom stereocenters. The molecule has 6 nitrogen and oxygen atoms in total. The van der Waals surface area contributed by atoms with Crippen LogP contribution in [0.4, 0.5) is 0 Å². The van der Waals surface area contributed by atoms with Gasteiger partial charge < -0.3 is 9.29 Å². The number of cyclic esters (lactones) is 2. The Morgan fingerprint density at radius 2 is 1.71 bits per heavy atom. The molecule has 3 fully saturated rings. The van der Waals surface area contributed by atoms with Gasteiger partial charge in [-0.15, -0.1) is 0 Å². The molecule has 1 aliphatic heterocycles. The van der Waals surface area contributed by atoms with Crippen molar-refractivity contribution in [1.82, 2.24) is 0 Å². The van der Waals surface area contributed by atoms with E-state index in [1.54, 1.807) is 0 Å². The van der Waals surface area contributed by atoms with E-state index in [4.69, 9.17) is 0 Å². The Labute approximate surface area is 110 Å². The van der Waals surface area contributed by atoms with E-state index in [-0.39, 0.29) is 31.2 Å². The zero-order valence-corrected chi connectivity index (χ0v) is 9.98. The van der Waals surface area contributed by atoms with Gasteiger partial charge in [0, 0.05) is 0 Å². The van der Waals surface area contributed by atoms with Gasteiger partial charge in [0.1, 0.15) is 0 Å². The Morgan fingerprint density at radius 3 is 2.29 bits per heavy atom. The van der Waals surface area contributed by atoms with Crippen LogP contribution in [0, 0.1) is 23.7 Å². The Bertz CT molecular complexity index is 486. The van der Waals surface area contributed by atoms with Crippen LogP contribution in [-0.4, -0.2) is 30.2 Å². The molecule has 17 heavy (non-hydrogen) atoms. The zero-order valence-electron chi connectivity index (χ0n) is 9.16. The summed E-state index contributed by atoms with van der Waals surface area (Å²) in [6, 6.07) is 0. The summed E-state index contributed by atoms with van der Waals surface area (Å²) in [5.41, 5.74) is 0. The van der Waals surface area contributed by atoms with Crippen molar-refractivity contribution in [1.29, 1.82) is 0 Å². The molecule has 0 aromatic carbocycles. The number of fused-ring (bicyclic) bond motifs is 5. The summed E-state index contributed by atoms with van der Waals surface area (Å²) < 4.78 is 37.5. The topological polar surface area (TPSA) is 101 Å². The van der Waals surface area contributed by atoms with Gasteiger partial charge in [-0.2, -0.15) is 0 Å². The maximum atomic E-state index is 11.4. The van der Waals surface area contributed by atoms with E-state index in [2.05, 4.69) is 4.74 Å². The average molecular weight is 252 g/mol. The molecule has 8 heteroatoms.